The molecular weight excluding hydrogens is 534 g/mol. The fraction of sp³-hybridized carbons (Fsp3) is 0.242. The molecule has 6 N–H and O–H groups in total. The molecule has 9 heteroatoms. The van der Waals surface area contributed by atoms with Crippen LogP contribution >= 0.6 is 0 Å². The lowest BCUT2D eigenvalue weighted by atomic mass is 10.1. The zero-order chi connectivity index (χ0) is 29.6. The smallest absolute Gasteiger partial charge is 0.323 e. The second-order valence-corrected chi connectivity index (χ2v) is 9.71. The Bertz CT molecular complexity index is 1400. The molecular formula is C33H37N3O6. The number of urea groups is 1. The number of nitrogens with one attached hydrogen (secondary N) is 3. The first kappa shape index (κ1) is 30.5. The molecule has 0 aliphatic heterocycles. The summed E-state index contributed by atoms with van der Waals surface area (Å²) in [5.41, 5.74) is 4.52. The van der Waals surface area contributed by atoms with Crippen LogP contribution in [-0.4, -0.2) is 47.7 Å². The molecule has 1 atom stereocenters. The van der Waals surface area contributed by atoms with Crippen LogP contribution in [0, 0.1) is 0 Å². The van der Waals surface area contributed by atoms with Gasteiger partial charge in [-0.15, -0.1) is 0 Å². The van der Waals surface area contributed by atoms with Gasteiger partial charge in [-0.25, -0.2) is 4.79 Å². The Morgan fingerprint density at radius 1 is 0.810 bits per heavy atom. The molecule has 0 bridgehead atoms. The summed E-state index contributed by atoms with van der Waals surface area (Å²) in [7, 11) is 0. The van der Waals surface area contributed by atoms with Crippen molar-refractivity contribution in [1.82, 2.24) is 5.32 Å². The van der Waals surface area contributed by atoms with Crippen molar-refractivity contribution in [3.05, 3.63) is 119 Å². The van der Waals surface area contributed by atoms with Gasteiger partial charge in [0.2, 0.25) is 0 Å². The van der Waals surface area contributed by atoms with Crippen molar-refractivity contribution in [2.24, 2.45) is 0 Å². The number of rotatable bonds is 15. The van der Waals surface area contributed by atoms with Crippen molar-refractivity contribution in [3.8, 4) is 11.5 Å². The van der Waals surface area contributed by atoms with Crippen molar-refractivity contribution in [3.63, 3.8) is 0 Å². The number of phenols is 1. The quantitative estimate of drug-likeness (QED) is 0.111. The SMILES string of the molecule is O=C(Nc1ccccc1)Nc1cccc(COCCOc2ccc(CCNC[C@@H](O)c3ccc(O)c(CO)c3)cc2)c1. The second kappa shape index (κ2) is 16.1. The summed E-state index contributed by atoms with van der Waals surface area (Å²) in [5.74, 6) is 0.775. The molecule has 2 amide bonds. The third kappa shape index (κ3) is 9.90. The number of hydrogen-bond donors (Lipinski definition) is 6. The van der Waals surface area contributed by atoms with Gasteiger partial charge in [0, 0.05) is 23.5 Å². The van der Waals surface area contributed by atoms with Gasteiger partial charge in [-0.2, -0.15) is 0 Å². The van der Waals surface area contributed by atoms with Crippen LogP contribution in [0.4, 0.5) is 16.2 Å². The van der Waals surface area contributed by atoms with Gasteiger partial charge in [-0.05, 0) is 78.2 Å². The Kier molecular flexibility index (Phi) is 11.7. The Morgan fingerprint density at radius 2 is 1.57 bits per heavy atom. The van der Waals surface area contributed by atoms with Crippen LogP contribution < -0.4 is 20.7 Å². The maximum absolute atomic E-state index is 12.2. The number of aliphatic hydroxyl groups excluding tert-OH is 2. The number of ether oxygens (including phenoxy) is 2. The van der Waals surface area contributed by atoms with Crippen LogP contribution in [-0.2, 0) is 24.4 Å². The summed E-state index contributed by atoms with van der Waals surface area (Å²) >= 11 is 0. The minimum Gasteiger partial charge on any atom is -0.508 e. The van der Waals surface area contributed by atoms with Gasteiger partial charge in [-0.3, -0.25) is 0 Å². The highest BCUT2D eigenvalue weighted by Gasteiger charge is 2.10. The standard InChI is InChI=1S/C33H37N3O6/c37-22-27-20-26(11-14-31(27)38)32(39)21-34-16-15-24-9-12-30(13-10-24)42-18-17-41-23-25-5-4-8-29(19-25)36-33(40)35-28-6-2-1-3-7-28/h1-14,19-20,32,34,37-39H,15-18,21-23H2,(H2,35,36,40)/t32-/m1/s1. The second-order valence-electron chi connectivity index (χ2n) is 9.71. The maximum Gasteiger partial charge on any atom is 0.323 e. The highest BCUT2D eigenvalue weighted by Crippen LogP contribution is 2.22. The van der Waals surface area contributed by atoms with E-state index in [0.29, 0.717) is 49.7 Å². The molecule has 0 aliphatic carbocycles. The van der Waals surface area contributed by atoms with Crippen molar-refractivity contribution in [2.75, 3.05) is 36.9 Å². The lowest BCUT2D eigenvalue weighted by Gasteiger charge is -2.14. The number of hydrogen-bond acceptors (Lipinski definition) is 7. The number of aliphatic hydroxyl groups is 2. The number of benzene rings is 4. The van der Waals surface area contributed by atoms with E-state index in [1.807, 2.05) is 78.9 Å². The summed E-state index contributed by atoms with van der Waals surface area (Å²) in [4.78, 5) is 12.2. The number of amides is 2. The summed E-state index contributed by atoms with van der Waals surface area (Å²) in [6.45, 7) is 1.99. The van der Waals surface area contributed by atoms with E-state index >= 15 is 0 Å². The minimum absolute atomic E-state index is 0.0171. The molecule has 0 heterocycles. The fourth-order valence-electron chi connectivity index (χ4n) is 4.24. The third-order valence-electron chi connectivity index (χ3n) is 6.49. The van der Waals surface area contributed by atoms with Crippen molar-refractivity contribution < 1.29 is 29.6 Å². The van der Waals surface area contributed by atoms with Gasteiger partial charge in [0.15, 0.2) is 0 Å². The van der Waals surface area contributed by atoms with E-state index < -0.39 is 6.10 Å². The van der Waals surface area contributed by atoms with Gasteiger partial charge >= 0.3 is 6.03 Å². The average molecular weight is 572 g/mol. The van der Waals surface area contributed by atoms with Crippen molar-refractivity contribution >= 4 is 17.4 Å². The number of aromatic hydroxyl groups is 1. The van der Waals surface area contributed by atoms with Gasteiger partial charge < -0.3 is 40.7 Å². The highest BCUT2D eigenvalue weighted by molar-refractivity contribution is 5.99. The first-order chi connectivity index (χ1) is 20.5. The molecule has 4 aromatic rings. The third-order valence-corrected chi connectivity index (χ3v) is 6.49. The summed E-state index contributed by atoms with van der Waals surface area (Å²) in [5, 5.41) is 38.2. The Labute approximate surface area is 245 Å². The molecule has 4 rings (SSSR count). The molecule has 0 aliphatic rings. The predicted octanol–water partition coefficient (Wildman–Crippen LogP) is 4.99. The lowest BCUT2D eigenvalue weighted by molar-refractivity contribution is 0.0889. The highest BCUT2D eigenvalue weighted by atomic mass is 16.5. The summed E-state index contributed by atoms with van der Waals surface area (Å²) in [6, 6.07) is 29.1. The molecule has 0 unspecified atom stereocenters. The Morgan fingerprint density at radius 3 is 2.36 bits per heavy atom. The van der Waals surface area contributed by atoms with E-state index in [2.05, 4.69) is 16.0 Å². The lowest BCUT2D eigenvalue weighted by Crippen LogP contribution is -2.23. The molecule has 0 radical (unpaired) electrons. The van der Waals surface area contributed by atoms with E-state index in [9.17, 15) is 20.1 Å². The zero-order valence-corrected chi connectivity index (χ0v) is 23.3. The van der Waals surface area contributed by atoms with Crippen LogP contribution in [0.5, 0.6) is 11.5 Å². The van der Waals surface area contributed by atoms with Crippen molar-refractivity contribution in [2.45, 2.75) is 25.7 Å². The Balaban J connectivity index is 1.09. The summed E-state index contributed by atoms with van der Waals surface area (Å²) in [6.07, 6.45) is 0.0519. The largest absolute Gasteiger partial charge is 0.508 e. The molecule has 42 heavy (non-hydrogen) atoms. The Hall–Kier alpha value is -4.41. The normalized spacial score (nSPS) is 11.6. The van der Waals surface area contributed by atoms with Gasteiger partial charge in [0.25, 0.3) is 0 Å². The monoisotopic (exact) mass is 571 g/mol. The molecule has 9 nitrogen and oxygen atoms in total. The number of carbonyl (C=O) groups excluding carboxylic acids is 1. The van der Waals surface area contributed by atoms with E-state index in [1.54, 1.807) is 12.1 Å². The molecule has 0 spiro atoms. The molecule has 0 saturated heterocycles. The molecule has 0 saturated carbocycles. The van der Waals surface area contributed by atoms with Crippen molar-refractivity contribution in [1.29, 1.82) is 0 Å². The predicted molar refractivity (Wildman–Crippen MR) is 163 cm³/mol. The van der Waals surface area contributed by atoms with Crippen LogP contribution in [0.1, 0.15) is 28.4 Å². The number of para-hydroxylation sites is 1. The fourth-order valence-corrected chi connectivity index (χ4v) is 4.24. The van der Waals surface area contributed by atoms with Gasteiger partial charge in [-0.1, -0.05) is 48.5 Å². The summed E-state index contributed by atoms with van der Waals surface area (Å²) < 4.78 is 11.5. The van der Waals surface area contributed by atoms with E-state index in [4.69, 9.17) is 9.47 Å². The first-order valence-corrected chi connectivity index (χ1v) is 13.8. The van der Waals surface area contributed by atoms with E-state index in [-0.39, 0.29) is 18.4 Å². The van der Waals surface area contributed by atoms with Gasteiger partial charge in [0.05, 0.1) is 25.9 Å². The minimum atomic E-state index is -0.735. The van der Waals surface area contributed by atoms with E-state index in [1.165, 1.54) is 6.07 Å². The van der Waals surface area contributed by atoms with Crippen LogP contribution in [0.3, 0.4) is 0 Å². The average Bonchev–Trinajstić information content (AvgIpc) is 3.00. The first-order valence-electron chi connectivity index (χ1n) is 13.8. The van der Waals surface area contributed by atoms with E-state index in [0.717, 1.165) is 29.0 Å². The van der Waals surface area contributed by atoms with Crippen LogP contribution in [0.2, 0.25) is 0 Å². The van der Waals surface area contributed by atoms with Crippen LogP contribution in [0.15, 0.2) is 97.1 Å². The topological polar surface area (TPSA) is 132 Å². The molecule has 0 fully saturated rings. The number of carbonyl (C=O) groups is 1. The number of anilines is 2. The van der Waals surface area contributed by atoms with Gasteiger partial charge in [0.1, 0.15) is 18.1 Å². The maximum atomic E-state index is 12.2. The molecule has 4 aromatic carbocycles. The van der Waals surface area contributed by atoms with Crippen LogP contribution in [0.25, 0.3) is 0 Å². The molecule has 220 valence electrons. The molecule has 0 aromatic heterocycles. The zero-order valence-electron chi connectivity index (χ0n) is 23.3.